The van der Waals surface area contributed by atoms with Crippen LogP contribution < -0.4 is 5.32 Å². The number of piperidine rings is 1. The van der Waals surface area contributed by atoms with E-state index >= 15 is 0 Å². The third kappa shape index (κ3) is 8.42. The van der Waals surface area contributed by atoms with Crippen LogP contribution in [-0.4, -0.2) is 77.2 Å². The van der Waals surface area contributed by atoms with Crippen LogP contribution in [0.15, 0.2) is 42.0 Å². The maximum absolute atomic E-state index is 13.8. The monoisotopic (exact) mass is 526 g/mol. The second-order valence-electron chi connectivity index (χ2n) is 11.8. The molecule has 1 aromatic carbocycles. The van der Waals surface area contributed by atoms with Gasteiger partial charge < -0.3 is 15.1 Å². The van der Waals surface area contributed by atoms with Crippen LogP contribution in [0.4, 0.5) is 0 Å². The second-order valence-corrected chi connectivity index (χ2v) is 11.8. The molecule has 38 heavy (non-hydrogen) atoms. The SMILES string of the molecule is CC(=C[C@H](C(C)C)N(C)C(=O)[C@@H](NC(=O)C1CCCCN1C(C)C)C(C)C)C(=O)N(C)Cc1ccccc1. The summed E-state index contributed by atoms with van der Waals surface area (Å²) in [5, 5.41) is 3.10. The molecule has 1 heterocycles. The Morgan fingerprint density at radius 3 is 2.18 bits per heavy atom. The Labute approximate surface area is 230 Å². The van der Waals surface area contributed by atoms with Crippen LogP contribution in [0.2, 0.25) is 0 Å². The maximum Gasteiger partial charge on any atom is 0.249 e. The summed E-state index contributed by atoms with van der Waals surface area (Å²) in [6, 6.07) is 9.04. The predicted molar refractivity (Wildman–Crippen MR) is 154 cm³/mol. The number of amides is 3. The molecule has 0 saturated carbocycles. The van der Waals surface area contributed by atoms with Gasteiger partial charge in [-0.25, -0.2) is 0 Å². The van der Waals surface area contributed by atoms with Crippen molar-refractivity contribution in [2.75, 3.05) is 20.6 Å². The number of nitrogens with zero attached hydrogens (tertiary/aromatic N) is 3. The van der Waals surface area contributed by atoms with E-state index in [-0.39, 0.29) is 47.7 Å². The Balaban J connectivity index is 2.17. The molecule has 1 aliphatic rings. The fourth-order valence-corrected chi connectivity index (χ4v) is 5.29. The first-order valence-electron chi connectivity index (χ1n) is 14.2. The van der Waals surface area contributed by atoms with E-state index in [1.165, 1.54) is 0 Å². The molecule has 1 fully saturated rings. The summed E-state index contributed by atoms with van der Waals surface area (Å²) < 4.78 is 0. The minimum atomic E-state index is -0.630. The first-order chi connectivity index (χ1) is 17.8. The number of carbonyl (C=O) groups is 3. The fraction of sp³-hybridized carbons (Fsp3) is 0.645. The van der Waals surface area contributed by atoms with Crippen LogP contribution in [0, 0.1) is 11.8 Å². The largest absolute Gasteiger partial charge is 0.343 e. The van der Waals surface area contributed by atoms with Gasteiger partial charge in [0.25, 0.3) is 0 Å². The molecule has 0 spiro atoms. The molecular weight excluding hydrogens is 476 g/mol. The lowest BCUT2D eigenvalue weighted by Gasteiger charge is -2.39. The molecule has 0 aliphatic carbocycles. The summed E-state index contributed by atoms with van der Waals surface area (Å²) in [5.41, 5.74) is 1.66. The molecule has 1 unspecified atom stereocenters. The lowest BCUT2D eigenvalue weighted by Crippen LogP contribution is -2.58. The highest BCUT2D eigenvalue weighted by molar-refractivity contribution is 5.93. The average Bonchev–Trinajstić information content (AvgIpc) is 2.88. The molecule has 7 nitrogen and oxygen atoms in total. The lowest BCUT2D eigenvalue weighted by molar-refractivity contribution is -0.140. The first-order valence-corrected chi connectivity index (χ1v) is 14.2. The van der Waals surface area contributed by atoms with Gasteiger partial charge in [0.1, 0.15) is 6.04 Å². The van der Waals surface area contributed by atoms with Crippen LogP contribution in [0.3, 0.4) is 0 Å². The number of hydrogen-bond donors (Lipinski definition) is 1. The first kappa shape index (κ1) is 31.5. The van der Waals surface area contributed by atoms with Crippen molar-refractivity contribution in [1.29, 1.82) is 0 Å². The van der Waals surface area contributed by atoms with Gasteiger partial charge in [-0.15, -0.1) is 0 Å². The molecule has 7 heteroatoms. The molecule has 0 bridgehead atoms. The zero-order valence-corrected chi connectivity index (χ0v) is 25.0. The Morgan fingerprint density at radius 1 is 1.00 bits per heavy atom. The summed E-state index contributed by atoms with van der Waals surface area (Å²) in [5.74, 6) is -0.247. The van der Waals surface area contributed by atoms with E-state index in [4.69, 9.17) is 0 Å². The summed E-state index contributed by atoms with van der Waals surface area (Å²) in [6.07, 6.45) is 4.83. The van der Waals surface area contributed by atoms with Crippen molar-refractivity contribution in [3.63, 3.8) is 0 Å². The van der Waals surface area contributed by atoms with E-state index in [0.29, 0.717) is 12.1 Å². The molecular formula is C31H50N4O3. The van der Waals surface area contributed by atoms with Crippen LogP contribution in [0.25, 0.3) is 0 Å². The van der Waals surface area contributed by atoms with Gasteiger partial charge in [0, 0.05) is 32.3 Å². The molecule has 2 rings (SSSR count). The van der Waals surface area contributed by atoms with Gasteiger partial charge in [-0.3, -0.25) is 19.3 Å². The molecule has 1 saturated heterocycles. The molecule has 3 atom stereocenters. The quantitative estimate of drug-likeness (QED) is 0.432. The van der Waals surface area contributed by atoms with Gasteiger partial charge in [0.2, 0.25) is 17.7 Å². The van der Waals surface area contributed by atoms with Crippen LogP contribution in [0.1, 0.15) is 73.3 Å². The minimum Gasteiger partial charge on any atom is -0.343 e. The predicted octanol–water partition coefficient (Wildman–Crippen LogP) is 4.48. The van der Waals surface area contributed by atoms with Crippen molar-refractivity contribution in [3.8, 4) is 0 Å². The Bertz CT molecular complexity index is 957. The number of nitrogens with one attached hydrogen (secondary N) is 1. The summed E-state index contributed by atoms with van der Waals surface area (Å²) in [4.78, 5) is 45.9. The third-order valence-electron chi connectivity index (χ3n) is 7.59. The standard InChI is InChI=1S/C31H50N4O3/c1-21(2)27(19-24(7)30(37)33(8)20-25-15-11-10-12-16-25)34(9)31(38)28(22(3)4)32-29(36)26-17-13-14-18-35(26)23(5)6/h10-12,15-16,19,21-23,26-28H,13-14,17-18,20H2,1-9H3,(H,32,36)/t26?,27-,28+/m1/s1. The van der Waals surface area contributed by atoms with Gasteiger partial charge in [0.15, 0.2) is 0 Å². The van der Waals surface area contributed by atoms with Crippen molar-refractivity contribution < 1.29 is 14.4 Å². The number of carbonyl (C=O) groups excluding carboxylic acids is 3. The van der Waals surface area contributed by atoms with E-state index < -0.39 is 6.04 Å². The summed E-state index contributed by atoms with van der Waals surface area (Å²) >= 11 is 0. The normalized spacial score (nSPS) is 18.4. The van der Waals surface area contributed by atoms with Crippen molar-refractivity contribution >= 4 is 17.7 Å². The number of likely N-dealkylation sites (tertiary alicyclic amines) is 1. The topological polar surface area (TPSA) is 73.0 Å². The minimum absolute atomic E-state index is 0.0654. The van der Waals surface area contributed by atoms with E-state index in [9.17, 15) is 14.4 Å². The zero-order valence-electron chi connectivity index (χ0n) is 25.0. The summed E-state index contributed by atoms with van der Waals surface area (Å²) in [6.45, 7) is 15.5. The van der Waals surface area contributed by atoms with Crippen LogP contribution in [0.5, 0.6) is 0 Å². The Kier molecular flexibility index (Phi) is 12.0. The highest BCUT2D eigenvalue weighted by atomic mass is 16.2. The Morgan fingerprint density at radius 2 is 1.63 bits per heavy atom. The van der Waals surface area contributed by atoms with E-state index in [1.54, 1.807) is 23.9 Å². The van der Waals surface area contributed by atoms with Gasteiger partial charge in [-0.2, -0.15) is 0 Å². The van der Waals surface area contributed by atoms with E-state index in [1.807, 2.05) is 71.0 Å². The highest BCUT2D eigenvalue weighted by Crippen LogP contribution is 2.22. The molecule has 1 aromatic rings. The average molecular weight is 527 g/mol. The second kappa shape index (κ2) is 14.5. The zero-order chi connectivity index (χ0) is 28.6. The third-order valence-corrected chi connectivity index (χ3v) is 7.59. The lowest BCUT2D eigenvalue weighted by atomic mass is 9.95. The molecule has 3 amide bonds. The van der Waals surface area contributed by atoms with Gasteiger partial charge in [-0.1, -0.05) is 70.5 Å². The number of likely N-dealkylation sites (N-methyl/N-ethyl adjacent to an activating group) is 2. The smallest absolute Gasteiger partial charge is 0.249 e. The fourth-order valence-electron chi connectivity index (χ4n) is 5.29. The van der Waals surface area contributed by atoms with Crippen LogP contribution >= 0.6 is 0 Å². The van der Waals surface area contributed by atoms with E-state index in [0.717, 1.165) is 31.4 Å². The Hall–Kier alpha value is -2.67. The van der Waals surface area contributed by atoms with Gasteiger partial charge >= 0.3 is 0 Å². The van der Waals surface area contributed by atoms with Crippen molar-refractivity contribution in [3.05, 3.63) is 47.5 Å². The highest BCUT2D eigenvalue weighted by Gasteiger charge is 2.36. The molecule has 0 radical (unpaired) electrons. The maximum atomic E-state index is 13.8. The van der Waals surface area contributed by atoms with Gasteiger partial charge in [0.05, 0.1) is 12.1 Å². The van der Waals surface area contributed by atoms with Crippen molar-refractivity contribution in [2.45, 2.75) is 98.4 Å². The van der Waals surface area contributed by atoms with Crippen molar-refractivity contribution in [1.82, 2.24) is 20.0 Å². The van der Waals surface area contributed by atoms with Crippen LogP contribution in [-0.2, 0) is 20.9 Å². The molecule has 0 aromatic heterocycles. The van der Waals surface area contributed by atoms with Gasteiger partial charge in [-0.05, 0) is 57.6 Å². The molecule has 212 valence electrons. The summed E-state index contributed by atoms with van der Waals surface area (Å²) in [7, 11) is 3.57. The number of hydrogen-bond acceptors (Lipinski definition) is 4. The van der Waals surface area contributed by atoms with Crippen molar-refractivity contribution in [2.24, 2.45) is 11.8 Å². The molecule has 1 aliphatic heterocycles. The van der Waals surface area contributed by atoms with E-state index in [2.05, 4.69) is 24.1 Å². The molecule has 1 N–H and O–H groups in total. The number of rotatable bonds is 11. The number of benzene rings is 1.